The fraction of sp³-hybridized carbons (Fsp3) is 0.522. The summed E-state index contributed by atoms with van der Waals surface area (Å²) in [6.07, 6.45) is 0.600. The Kier molecular flexibility index (Phi) is 6.01. The number of H-pyrrole nitrogens is 1. The molecule has 0 spiro atoms. The zero-order valence-electron chi connectivity index (χ0n) is 20.2. The monoisotopic (exact) mass is 459 g/mol. The van der Waals surface area contributed by atoms with Crippen LogP contribution in [0.1, 0.15) is 51.4 Å². The van der Waals surface area contributed by atoms with Crippen molar-refractivity contribution in [1.29, 1.82) is 0 Å². The van der Waals surface area contributed by atoms with Crippen LogP contribution in [0.2, 0.25) is 24.7 Å². The van der Waals surface area contributed by atoms with Gasteiger partial charge in [-0.3, -0.25) is 9.89 Å². The number of carbonyl (C=O) groups excluding carboxylic acids is 2. The first-order valence-corrected chi connectivity index (χ1v) is 14.5. The van der Waals surface area contributed by atoms with Crippen molar-refractivity contribution in [3.8, 4) is 0 Å². The number of nitrogens with zero attached hydrogens (tertiary/aromatic N) is 2. The average molecular weight is 460 g/mol. The Morgan fingerprint density at radius 3 is 2.50 bits per heavy atom. The number of rotatable bonds is 5. The van der Waals surface area contributed by atoms with E-state index in [1.807, 2.05) is 34.6 Å². The Bertz CT molecular complexity index is 1060. The predicted octanol–water partition coefficient (Wildman–Crippen LogP) is 5.45. The molecule has 1 aromatic carbocycles. The molecule has 2 heterocycles. The van der Waals surface area contributed by atoms with Crippen molar-refractivity contribution in [2.45, 2.75) is 77.8 Å². The van der Waals surface area contributed by atoms with Crippen molar-refractivity contribution in [3.63, 3.8) is 0 Å². The molecule has 1 aliphatic rings. The highest BCUT2D eigenvalue weighted by atomic mass is 28.3. The molecular weight excluding hydrogens is 425 g/mol. The number of aromatic amines is 1. The number of hydrogen-bond acceptors (Lipinski definition) is 3. The molecule has 1 aromatic heterocycles. The molecular formula is C23H34FN5O2Si. The first kappa shape index (κ1) is 24.0. The van der Waals surface area contributed by atoms with Gasteiger partial charge in [-0.05, 0) is 31.9 Å². The third-order valence-corrected chi connectivity index (χ3v) is 11.1. The molecule has 0 radical (unpaired) electrons. The van der Waals surface area contributed by atoms with Crippen LogP contribution >= 0.6 is 0 Å². The largest absolute Gasteiger partial charge is 0.323 e. The average Bonchev–Trinajstić information content (AvgIpc) is 3.20. The Morgan fingerprint density at radius 2 is 1.91 bits per heavy atom. The molecule has 0 bridgehead atoms. The maximum Gasteiger partial charge on any atom is 0.323 e. The van der Waals surface area contributed by atoms with E-state index in [1.54, 1.807) is 17.0 Å². The van der Waals surface area contributed by atoms with E-state index >= 15 is 0 Å². The van der Waals surface area contributed by atoms with Crippen molar-refractivity contribution >= 4 is 31.5 Å². The van der Waals surface area contributed by atoms with Crippen LogP contribution in [-0.4, -0.2) is 35.1 Å². The van der Waals surface area contributed by atoms with Gasteiger partial charge < -0.3 is 15.5 Å². The van der Waals surface area contributed by atoms with Gasteiger partial charge in [-0.1, -0.05) is 52.5 Å². The molecule has 3 rings (SSSR count). The second kappa shape index (κ2) is 8.02. The Hall–Kier alpha value is -2.68. The summed E-state index contributed by atoms with van der Waals surface area (Å²) >= 11 is 0. The second-order valence-electron chi connectivity index (χ2n) is 10.5. The lowest BCUT2D eigenvalue weighted by atomic mass is 10.0. The number of aryl methyl sites for hydroxylation is 1. The number of aromatic nitrogens is 2. The third kappa shape index (κ3) is 3.94. The number of hydrogen-bond donors (Lipinski definition) is 3. The minimum atomic E-state index is -1.78. The molecule has 3 N–H and O–H groups in total. The number of fused-ring (bicyclic) bond motifs is 1. The van der Waals surface area contributed by atoms with Gasteiger partial charge in [-0.25, -0.2) is 9.18 Å². The third-order valence-electron chi connectivity index (χ3n) is 7.10. The molecule has 3 amide bonds. The van der Waals surface area contributed by atoms with Crippen molar-refractivity contribution in [1.82, 2.24) is 15.1 Å². The van der Waals surface area contributed by atoms with E-state index in [2.05, 4.69) is 40.5 Å². The standard InChI is InChI=1S/C23H34FN5O2Si/c1-9-14-11-10-12-16(24)17(14)25-21(31)29-13-15-18(22(29,2)3)27-28-19(15)26-20(30)23(4,5)32(6,7)8/h10-12H,9,13H2,1-8H3,(H,25,31)(H2,26,27,28,30). The molecule has 0 aliphatic carbocycles. The molecule has 7 nitrogen and oxygen atoms in total. The van der Waals surface area contributed by atoms with E-state index in [1.165, 1.54) is 6.07 Å². The van der Waals surface area contributed by atoms with E-state index in [0.717, 1.165) is 16.8 Å². The first-order valence-electron chi connectivity index (χ1n) is 11.0. The summed E-state index contributed by atoms with van der Waals surface area (Å²) in [6, 6.07) is 4.37. The number of amides is 3. The van der Waals surface area contributed by atoms with Gasteiger partial charge in [0.15, 0.2) is 5.82 Å². The van der Waals surface area contributed by atoms with E-state index in [9.17, 15) is 14.0 Å². The number of anilines is 2. The normalized spacial score (nSPS) is 15.5. The van der Waals surface area contributed by atoms with E-state index in [0.29, 0.717) is 12.2 Å². The van der Waals surface area contributed by atoms with E-state index < -0.39 is 30.5 Å². The van der Waals surface area contributed by atoms with Crippen molar-refractivity contribution < 1.29 is 14.0 Å². The summed E-state index contributed by atoms with van der Waals surface area (Å²) < 4.78 is 14.4. The lowest BCUT2D eigenvalue weighted by Crippen LogP contribution is -2.44. The van der Waals surface area contributed by atoms with Gasteiger partial charge in [0.05, 0.1) is 31.5 Å². The molecule has 0 saturated carbocycles. The molecule has 2 aromatic rings. The Morgan fingerprint density at radius 1 is 1.25 bits per heavy atom. The second-order valence-corrected chi connectivity index (χ2v) is 16.2. The molecule has 0 saturated heterocycles. The maximum absolute atomic E-state index is 14.4. The van der Waals surface area contributed by atoms with E-state index in [-0.39, 0.29) is 18.1 Å². The lowest BCUT2D eigenvalue weighted by molar-refractivity contribution is -0.118. The predicted molar refractivity (Wildman–Crippen MR) is 128 cm³/mol. The van der Waals surface area contributed by atoms with Gasteiger partial charge in [0.1, 0.15) is 5.82 Å². The van der Waals surface area contributed by atoms with Crippen LogP contribution in [0, 0.1) is 5.82 Å². The number of benzene rings is 1. The Balaban J connectivity index is 1.85. The molecule has 32 heavy (non-hydrogen) atoms. The molecule has 0 fully saturated rings. The van der Waals surface area contributed by atoms with Gasteiger partial charge >= 0.3 is 6.03 Å². The van der Waals surface area contributed by atoms with Crippen LogP contribution < -0.4 is 10.6 Å². The van der Waals surface area contributed by atoms with Crippen molar-refractivity contribution in [2.24, 2.45) is 0 Å². The fourth-order valence-corrected chi connectivity index (χ4v) is 4.47. The minimum Gasteiger partial charge on any atom is -0.309 e. The number of urea groups is 1. The summed E-state index contributed by atoms with van der Waals surface area (Å²) in [4.78, 5) is 27.8. The smallest absolute Gasteiger partial charge is 0.309 e. The zero-order chi connectivity index (χ0) is 24.1. The van der Waals surface area contributed by atoms with Gasteiger partial charge in [-0.2, -0.15) is 5.10 Å². The number of halogens is 1. The van der Waals surface area contributed by atoms with Crippen LogP contribution in [0.5, 0.6) is 0 Å². The van der Waals surface area contributed by atoms with Crippen LogP contribution in [0.15, 0.2) is 18.2 Å². The zero-order valence-corrected chi connectivity index (χ0v) is 21.2. The lowest BCUT2D eigenvalue weighted by Gasteiger charge is -2.35. The van der Waals surface area contributed by atoms with Crippen LogP contribution in [0.4, 0.5) is 20.7 Å². The van der Waals surface area contributed by atoms with Crippen molar-refractivity contribution in [2.75, 3.05) is 10.6 Å². The van der Waals surface area contributed by atoms with Crippen LogP contribution in [0.25, 0.3) is 0 Å². The van der Waals surface area contributed by atoms with Crippen LogP contribution in [0.3, 0.4) is 0 Å². The summed E-state index contributed by atoms with van der Waals surface area (Å²) in [7, 11) is -1.78. The molecule has 0 atom stereocenters. The van der Waals surface area contributed by atoms with Gasteiger partial charge in [0.2, 0.25) is 5.91 Å². The molecule has 9 heteroatoms. The van der Waals surface area contributed by atoms with Crippen molar-refractivity contribution in [3.05, 3.63) is 40.8 Å². The minimum absolute atomic E-state index is 0.0781. The highest BCUT2D eigenvalue weighted by Gasteiger charge is 2.46. The number of para-hydroxylation sites is 1. The fourth-order valence-electron chi connectivity index (χ4n) is 3.73. The maximum atomic E-state index is 14.4. The van der Waals surface area contributed by atoms with E-state index in [4.69, 9.17) is 0 Å². The summed E-state index contributed by atoms with van der Waals surface area (Å²) in [5, 5.41) is 12.6. The summed E-state index contributed by atoms with van der Waals surface area (Å²) in [5.74, 6) is -0.0955. The molecule has 174 valence electrons. The van der Waals surface area contributed by atoms with Crippen LogP contribution in [-0.2, 0) is 23.3 Å². The highest BCUT2D eigenvalue weighted by molar-refractivity contribution is 6.82. The first-order chi connectivity index (χ1) is 14.7. The highest BCUT2D eigenvalue weighted by Crippen LogP contribution is 2.43. The van der Waals surface area contributed by atoms with Gasteiger partial charge in [-0.15, -0.1) is 0 Å². The number of nitrogens with one attached hydrogen (secondary N) is 3. The molecule has 1 aliphatic heterocycles. The molecule has 0 unspecified atom stereocenters. The summed E-state index contributed by atoms with van der Waals surface area (Å²) in [5.41, 5.74) is 1.76. The van der Waals surface area contributed by atoms with Gasteiger partial charge in [0, 0.05) is 10.6 Å². The van der Waals surface area contributed by atoms with Gasteiger partial charge in [0.25, 0.3) is 0 Å². The number of carbonyl (C=O) groups is 2. The quantitative estimate of drug-likeness (QED) is 0.519. The summed E-state index contributed by atoms with van der Waals surface area (Å²) in [6.45, 7) is 16.4. The SMILES string of the molecule is CCc1cccc(F)c1NC(=O)N1Cc2c(NC(=O)C(C)(C)[Si](C)(C)C)n[nH]c2C1(C)C. The Labute approximate surface area is 190 Å². The topological polar surface area (TPSA) is 90.1 Å².